The molecule has 4 heteroatoms. The molecule has 1 saturated carbocycles. The second-order valence-corrected chi connectivity index (χ2v) is 4.53. The standard InChI is InChI=1S/C13H19N3O/c1-14-12-8-7-11(9-15-12)16(2)13(17)10-5-3-4-6-10/h7-10H,3-6H2,1-2H3,(H,14,15). The molecule has 0 saturated heterocycles. The first-order chi connectivity index (χ1) is 8.22. The first-order valence-electron chi connectivity index (χ1n) is 6.13. The van der Waals surface area contributed by atoms with Gasteiger partial charge < -0.3 is 10.2 Å². The number of rotatable bonds is 3. The minimum absolute atomic E-state index is 0.212. The monoisotopic (exact) mass is 233 g/mol. The molecule has 0 aromatic carbocycles. The Morgan fingerprint density at radius 3 is 2.65 bits per heavy atom. The van der Waals surface area contributed by atoms with E-state index in [-0.39, 0.29) is 11.8 Å². The fourth-order valence-corrected chi connectivity index (χ4v) is 2.31. The van der Waals surface area contributed by atoms with Gasteiger partial charge in [0.1, 0.15) is 5.82 Å². The topological polar surface area (TPSA) is 45.2 Å². The van der Waals surface area contributed by atoms with Gasteiger partial charge in [-0.1, -0.05) is 12.8 Å². The summed E-state index contributed by atoms with van der Waals surface area (Å²) < 4.78 is 0. The number of carbonyl (C=O) groups excluding carboxylic acids is 1. The molecule has 1 aromatic heterocycles. The van der Waals surface area contributed by atoms with Crippen LogP contribution >= 0.6 is 0 Å². The molecule has 0 atom stereocenters. The van der Waals surface area contributed by atoms with Crippen LogP contribution in [0.15, 0.2) is 18.3 Å². The minimum atomic E-state index is 0.212. The van der Waals surface area contributed by atoms with E-state index in [9.17, 15) is 4.79 Å². The second kappa shape index (κ2) is 5.17. The number of nitrogens with one attached hydrogen (secondary N) is 1. The van der Waals surface area contributed by atoms with Crippen molar-refractivity contribution < 1.29 is 4.79 Å². The van der Waals surface area contributed by atoms with Crippen LogP contribution in [-0.2, 0) is 4.79 Å². The maximum atomic E-state index is 12.2. The zero-order chi connectivity index (χ0) is 12.3. The fourth-order valence-electron chi connectivity index (χ4n) is 2.31. The van der Waals surface area contributed by atoms with Gasteiger partial charge in [-0.2, -0.15) is 0 Å². The van der Waals surface area contributed by atoms with Crippen LogP contribution in [0.1, 0.15) is 25.7 Å². The van der Waals surface area contributed by atoms with Crippen LogP contribution in [0.2, 0.25) is 0 Å². The number of hydrogen-bond acceptors (Lipinski definition) is 3. The zero-order valence-electron chi connectivity index (χ0n) is 10.4. The van der Waals surface area contributed by atoms with Crippen LogP contribution < -0.4 is 10.2 Å². The molecule has 1 aliphatic carbocycles. The van der Waals surface area contributed by atoms with Crippen molar-refractivity contribution in [1.29, 1.82) is 0 Å². The van der Waals surface area contributed by atoms with Gasteiger partial charge in [0.15, 0.2) is 0 Å². The lowest BCUT2D eigenvalue weighted by molar-refractivity contribution is -0.121. The average Bonchev–Trinajstić information content (AvgIpc) is 2.91. The third kappa shape index (κ3) is 2.57. The van der Waals surface area contributed by atoms with E-state index in [0.29, 0.717) is 0 Å². The summed E-state index contributed by atoms with van der Waals surface area (Å²) in [5.41, 5.74) is 0.862. The number of anilines is 2. The van der Waals surface area contributed by atoms with E-state index in [4.69, 9.17) is 0 Å². The van der Waals surface area contributed by atoms with Crippen LogP contribution in [0, 0.1) is 5.92 Å². The van der Waals surface area contributed by atoms with Crippen molar-refractivity contribution in [3.05, 3.63) is 18.3 Å². The quantitative estimate of drug-likeness (QED) is 0.871. The molecule has 17 heavy (non-hydrogen) atoms. The highest BCUT2D eigenvalue weighted by Gasteiger charge is 2.26. The molecule has 1 fully saturated rings. The van der Waals surface area contributed by atoms with Crippen LogP contribution in [0.25, 0.3) is 0 Å². The predicted molar refractivity (Wildman–Crippen MR) is 69.2 cm³/mol. The third-order valence-corrected chi connectivity index (χ3v) is 3.43. The smallest absolute Gasteiger partial charge is 0.229 e. The molecule has 1 amide bonds. The van der Waals surface area contributed by atoms with Crippen LogP contribution in [0.4, 0.5) is 11.5 Å². The molecular weight excluding hydrogens is 214 g/mol. The van der Waals surface area contributed by atoms with E-state index in [0.717, 1.165) is 24.3 Å². The summed E-state index contributed by atoms with van der Waals surface area (Å²) in [6.45, 7) is 0. The lowest BCUT2D eigenvalue weighted by Gasteiger charge is -2.20. The van der Waals surface area contributed by atoms with E-state index in [2.05, 4.69) is 10.3 Å². The van der Waals surface area contributed by atoms with Crippen molar-refractivity contribution in [3.8, 4) is 0 Å². The van der Waals surface area contributed by atoms with Crippen molar-refractivity contribution in [2.45, 2.75) is 25.7 Å². The number of hydrogen-bond donors (Lipinski definition) is 1. The first kappa shape index (κ1) is 11.9. The summed E-state index contributed by atoms with van der Waals surface area (Å²) >= 11 is 0. The average molecular weight is 233 g/mol. The predicted octanol–water partition coefficient (Wildman–Crippen LogP) is 2.28. The van der Waals surface area contributed by atoms with Gasteiger partial charge in [0.2, 0.25) is 5.91 Å². The van der Waals surface area contributed by atoms with Crippen molar-refractivity contribution in [2.75, 3.05) is 24.3 Å². The zero-order valence-corrected chi connectivity index (χ0v) is 10.4. The maximum Gasteiger partial charge on any atom is 0.229 e. The summed E-state index contributed by atoms with van der Waals surface area (Å²) in [7, 11) is 3.66. The normalized spacial score (nSPS) is 15.9. The molecule has 1 heterocycles. The van der Waals surface area contributed by atoms with E-state index in [1.807, 2.05) is 26.2 Å². The minimum Gasteiger partial charge on any atom is -0.373 e. The second-order valence-electron chi connectivity index (χ2n) is 4.53. The molecular formula is C13H19N3O. The third-order valence-electron chi connectivity index (χ3n) is 3.43. The van der Waals surface area contributed by atoms with Gasteiger partial charge >= 0.3 is 0 Å². The van der Waals surface area contributed by atoms with E-state index in [1.54, 1.807) is 11.1 Å². The first-order valence-corrected chi connectivity index (χ1v) is 6.13. The molecule has 1 N–H and O–H groups in total. The van der Waals surface area contributed by atoms with Crippen LogP contribution in [0.5, 0.6) is 0 Å². The Morgan fingerprint density at radius 1 is 1.41 bits per heavy atom. The van der Waals surface area contributed by atoms with Crippen molar-refractivity contribution in [2.24, 2.45) is 5.92 Å². The van der Waals surface area contributed by atoms with Crippen LogP contribution in [-0.4, -0.2) is 25.0 Å². The lowest BCUT2D eigenvalue weighted by Crippen LogP contribution is -2.31. The summed E-state index contributed by atoms with van der Waals surface area (Å²) in [5, 5.41) is 2.96. The van der Waals surface area contributed by atoms with Gasteiger partial charge in [0, 0.05) is 20.0 Å². The molecule has 1 aliphatic rings. The number of pyridine rings is 1. The Bertz CT molecular complexity index is 382. The molecule has 2 rings (SSSR count). The van der Waals surface area contributed by atoms with Gasteiger partial charge in [0.25, 0.3) is 0 Å². The van der Waals surface area contributed by atoms with E-state index >= 15 is 0 Å². The Morgan fingerprint density at radius 2 is 2.12 bits per heavy atom. The summed E-state index contributed by atoms with van der Waals surface area (Å²) in [5.74, 6) is 1.25. The van der Waals surface area contributed by atoms with E-state index in [1.165, 1.54) is 12.8 Å². The van der Waals surface area contributed by atoms with Crippen molar-refractivity contribution in [1.82, 2.24) is 4.98 Å². The molecule has 0 radical (unpaired) electrons. The molecule has 0 spiro atoms. The molecule has 0 unspecified atom stereocenters. The SMILES string of the molecule is CNc1ccc(N(C)C(=O)C2CCCC2)cn1. The lowest BCUT2D eigenvalue weighted by atomic mass is 10.1. The number of amides is 1. The molecule has 0 bridgehead atoms. The Balaban J connectivity index is 2.07. The van der Waals surface area contributed by atoms with E-state index < -0.39 is 0 Å². The Kier molecular flexibility index (Phi) is 3.61. The summed E-state index contributed by atoms with van der Waals surface area (Å²) in [6, 6.07) is 3.81. The molecule has 1 aromatic rings. The van der Waals surface area contributed by atoms with Crippen molar-refractivity contribution in [3.63, 3.8) is 0 Å². The van der Waals surface area contributed by atoms with Crippen molar-refractivity contribution >= 4 is 17.4 Å². The molecule has 0 aliphatic heterocycles. The van der Waals surface area contributed by atoms with Gasteiger partial charge in [-0.25, -0.2) is 4.98 Å². The van der Waals surface area contributed by atoms with Crippen LogP contribution in [0.3, 0.4) is 0 Å². The summed E-state index contributed by atoms with van der Waals surface area (Å²) in [6.07, 6.45) is 6.16. The fraction of sp³-hybridized carbons (Fsp3) is 0.538. The molecule has 92 valence electrons. The highest BCUT2D eigenvalue weighted by molar-refractivity contribution is 5.94. The highest BCUT2D eigenvalue weighted by atomic mass is 16.2. The maximum absolute atomic E-state index is 12.2. The van der Waals surface area contributed by atoms with Gasteiger partial charge in [0.05, 0.1) is 11.9 Å². The highest BCUT2D eigenvalue weighted by Crippen LogP contribution is 2.27. The van der Waals surface area contributed by atoms with Gasteiger partial charge in [-0.3, -0.25) is 4.79 Å². The van der Waals surface area contributed by atoms with Gasteiger partial charge in [-0.05, 0) is 25.0 Å². The largest absolute Gasteiger partial charge is 0.373 e. The summed E-state index contributed by atoms with van der Waals surface area (Å²) in [4.78, 5) is 18.1. The Labute approximate surface area is 102 Å². The van der Waals surface area contributed by atoms with Gasteiger partial charge in [-0.15, -0.1) is 0 Å². The number of nitrogens with zero attached hydrogens (tertiary/aromatic N) is 2. The number of carbonyl (C=O) groups is 1. The molecule has 4 nitrogen and oxygen atoms in total. The Hall–Kier alpha value is -1.58. The number of aromatic nitrogens is 1.